The minimum atomic E-state index is -0.853. The van der Waals surface area contributed by atoms with Crippen LogP contribution in [0.4, 0.5) is 46.0 Å². The molecule has 148 heavy (non-hydrogen) atoms. The maximum atomic E-state index is 11.0. The van der Waals surface area contributed by atoms with Gasteiger partial charge < -0.3 is 59.4 Å². The molecule has 0 fully saturated rings. The summed E-state index contributed by atoms with van der Waals surface area (Å²) in [4.78, 5) is 91.1. The highest BCUT2D eigenvalue weighted by Crippen LogP contribution is 2.40. The van der Waals surface area contributed by atoms with Gasteiger partial charge in [0, 0.05) is 131 Å². The molecule has 8 aromatic carbocycles. The lowest BCUT2D eigenvalue weighted by molar-refractivity contribution is -0.137. The van der Waals surface area contributed by atoms with Crippen LogP contribution in [0.15, 0.2) is 311 Å². The second kappa shape index (κ2) is 48.3. The summed E-state index contributed by atoms with van der Waals surface area (Å²) in [6.07, 6.45) is 31.8. The van der Waals surface area contributed by atoms with Crippen molar-refractivity contribution in [2.24, 2.45) is 0 Å². The number of aromatic nitrogens is 8. The van der Waals surface area contributed by atoms with Crippen LogP contribution in [0, 0.1) is 13.8 Å². The van der Waals surface area contributed by atoms with E-state index in [-0.39, 0.29) is 25.7 Å². The van der Waals surface area contributed by atoms with E-state index in [0.29, 0.717) is 42.0 Å². The minimum Gasteiger partial charge on any atom is -0.481 e. The van der Waals surface area contributed by atoms with E-state index < -0.39 is 23.9 Å². The summed E-state index contributed by atoms with van der Waals surface area (Å²) in [5, 5.41) is 54.1. The van der Waals surface area contributed by atoms with E-state index in [1.54, 1.807) is 82.5 Å². The Morgan fingerprint density at radius 1 is 0.291 bits per heavy atom. The van der Waals surface area contributed by atoms with E-state index in [0.717, 1.165) is 238 Å². The number of para-hydroxylation sites is 4. The molecule has 20 aromatic rings. The Kier molecular flexibility index (Phi) is 33.3. The fourth-order valence-electron chi connectivity index (χ4n) is 16.8. The van der Waals surface area contributed by atoms with Gasteiger partial charge in [-0.05, 0) is 245 Å². The highest BCUT2D eigenvalue weighted by molar-refractivity contribution is 7.17. The Labute approximate surface area is 870 Å². The van der Waals surface area contributed by atoms with Crippen LogP contribution in [0.1, 0.15) is 137 Å². The number of carboxylic acid groups (broad SMARTS) is 4. The summed E-state index contributed by atoms with van der Waals surface area (Å²) < 4.78 is 22.6. The van der Waals surface area contributed by atoms with Crippen LogP contribution in [-0.4, -0.2) is 84.2 Å². The van der Waals surface area contributed by atoms with Gasteiger partial charge in [0.05, 0.1) is 70.2 Å². The topological polar surface area (TPSA) is 353 Å². The second-order valence-electron chi connectivity index (χ2n) is 34.4. The Morgan fingerprint density at radius 3 is 0.818 bits per heavy atom. The van der Waals surface area contributed by atoms with E-state index in [4.69, 9.17) is 78.0 Å². The monoisotopic (exact) mass is 2030 g/mol. The third-order valence-electron chi connectivity index (χ3n) is 24.1. The molecule has 0 aliphatic heterocycles. The standard InChI is InChI=1S/C31H27N3O3S.C30H25N3O3S.C30H27N3O3S.C29H25N3O3S/c1-3-7-25-26(4-2)33-31(34-30(25)32-22-13-10-20(11-14-22)18-29(35)36)28-17-16-23(38-28)15-12-21-19-37-27-9-6-5-8-24(21)27;1-3-6-24-19(2)31-30(33-29(24)32-22-12-9-20(10-13-22)17-28(34)35)27-16-15-23(37-27)14-11-21-18-36-26-8-5-4-7-25(21)26;1-3-23-25(4-2)32-30(33-29(23)31-21-12-9-19(10-13-21)17-28(34)35)27-16-15-22(37-27)14-11-20-18-36-26-8-6-5-7-24(20)26;1-3-23-18(2)30-29(32-28(23)31-21-11-8-19(9-12-21)16-27(33)34)26-15-14-22(36-26)13-10-20-17-35-25-7-5-4-6-24(20)25/h3,5-6,8-17,19H,1,4,7,18H2,2H3,(H,35,36)(H,32,33,34);3-5,7-16,18H,1,6,17H2,2H3,(H,34,35)(H,31,32,33);5-16,18H,3-4,17H2,1-2H3,(H,34,35)(H,31,32,33);4-15,17H,3,16H2,1-2H3,(H,33,34)(H,30,31,32)/b15-12+;2*14-11+;13-10+. The predicted octanol–water partition coefficient (Wildman–Crippen LogP) is 30.3. The van der Waals surface area contributed by atoms with Crippen LogP contribution in [0.25, 0.3) is 135 Å². The van der Waals surface area contributed by atoms with Gasteiger partial charge in [0.1, 0.15) is 45.6 Å². The molecule has 12 heterocycles. The first kappa shape index (κ1) is 102. The van der Waals surface area contributed by atoms with E-state index >= 15 is 0 Å². The number of aryl methyl sites for hydroxylation is 4. The van der Waals surface area contributed by atoms with E-state index in [2.05, 4.69) is 159 Å². The number of rotatable bonds is 36. The minimum absolute atomic E-state index is 0.00321. The maximum Gasteiger partial charge on any atom is 0.307 e. The van der Waals surface area contributed by atoms with Gasteiger partial charge in [-0.15, -0.1) is 58.5 Å². The summed E-state index contributed by atoms with van der Waals surface area (Å²) >= 11 is 6.52. The molecule has 0 aliphatic carbocycles. The van der Waals surface area contributed by atoms with Crippen molar-refractivity contribution in [1.82, 2.24) is 39.9 Å². The number of nitrogens with zero attached hydrogens (tertiary/aromatic N) is 8. The average molecular weight is 2030 g/mol. The first-order valence-electron chi connectivity index (χ1n) is 48.1. The molecule has 0 unspecified atom stereocenters. The number of hydrogen-bond acceptors (Lipinski definition) is 24. The number of benzene rings is 8. The summed E-state index contributed by atoms with van der Waals surface area (Å²) in [5.74, 6) is 2.28. The van der Waals surface area contributed by atoms with E-state index in [1.807, 2.05) is 208 Å². The van der Waals surface area contributed by atoms with Gasteiger partial charge in [-0.1, -0.05) is 161 Å². The normalized spacial score (nSPS) is 11.3. The number of carboxylic acids is 4. The molecule has 20 rings (SSSR count). The van der Waals surface area contributed by atoms with Crippen molar-refractivity contribution in [2.75, 3.05) is 21.3 Å². The Morgan fingerprint density at radius 2 is 0.541 bits per heavy atom. The fourth-order valence-corrected chi connectivity index (χ4v) is 20.1. The van der Waals surface area contributed by atoms with Crippen LogP contribution in [0.5, 0.6) is 0 Å². The zero-order valence-electron chi connectivity index (χ0n) is 81.9. The SMILES string of the molecule is C=CCc1c(C)nc(-c2ccc(/C=C/c3coc4ccccc34)s2)nc1Nc1ccc(CC(=O)O)cc1.C=CCc1c(CC)nc(-c2ccc(/C=C/c3coc4ccccc34)s2)nc1Nc1ccc(CC(=O)O)cc1.CCc1c(C)nc(-c2ccc(/C=C/c3coc4ccccc34)s2)nc1Nc1ccc(CC(=O)O)cc1.CCc1nc(-c2ccc(/C=C/c3coc4ccccc34)s2)nc(Nc2ccc(CC(=O)O)cc2)c1CC. The molecule has 0 bridgehead atoms. The van der Waals surface area contributed by atoms with Gasteiger partial charge >= 0.3 is 23.9 Å². The lowest BCUT2D eigenvalue weighted by atomic mass is 10.1. The summed E-state index contributed by atoms with van der Waals surface area (Å²) in [6, 6.07) is 77.9. The molecule has 0 saturated heterocycles. The number of carbonyl (C=O) groups is 4. The zero-order chi connectivity index (χ0) is 103. The van der Waals surface area contributed by atoms with Gasteiger partial charge in [0.25, 0.3) is 0 Å². The van der Waals surface area contributed by atoms with Gasteiger partial charge in [0.15, 0.2) is 23.3 Å². The van der Waals surface area contributed by atoms with Crippen molar-refractivity contribution in [1.29, 1.82) is 0 Å². The van der Waals surface area contributed by atoms with Crippen molar-refractivity contribution < 1.29 is 57.3 Å². The van der Waals surface area contributed by atoms with E-state index in [1.165, 1.54) is 0 Å². The summed E-state index contributed by atoms with van der Waals surface area (Å²) in [7, 11) is 0. The van der Waals surface area contributed by atoms with E-state index in [9.17, 15) is 19.2 Å². The van der Waals surface area contributed by atoms with Gasteiger partial charge in [0.2, 0.25) is 0 Å². The molecular formula is C120H104N12O12S4. The number of aliphatic carboxylic acids is 4. The third-order valence-corrected chi connectivity index (χ3v) is 28.3. The predicted molar refractivity (Wildman–Crippen MR) is 601 cm³/mol. The molecule has 0 radical (unpaired) electrons. The van der Waals surface area contributed by atoms with Crippen LogP contribution in [0.2, 0.25) is 0 Å². The summed E-state index contributed by atoms with van der Waals surface area (Å²) in [5.41, 5.74) is 21.9. The summed E-state index contributed by atoms with van der Waals surface area (Å²) in [6.45, 7) is 20.1. The molecule has 0 spiro atoms. The highest BCUT2D eigenvalue weighted by atomic mass is 32.1. The van der Waals surface area contributed by atoms with Crippen molar-refractivity contribution >= 4 is 208 Å². The third kappa shape index (κ3) is 25.8. The number of anilines is 8. The smallest absolute Gasteiger partial charge is 0.307 e. The molecule has 28 heteroatoms. The second-order valence-corrected chi connectivity index (χ2v) is 38.9. The van der Waals surface area contributed by atoms with Crippen molar-refractivity contribution in [3.05, 3.63) is 402 Å². The molecule has 0 saturated carbocycles. The fraction of sp³-hybridized carbons (Fsp3) is 0.133. The molecular weight excluding hydrogens is 1930 g/mol. The first-order valence-corrected chi connectivity index (χ1v) is 51.4. The van der Waals surface area contributed by atoms with Crippen LogP contribution >= 0.6 is 45.3 Å². The zero-order valence-corrected chi connectivity index (χ0v) is 85.2. The Balaban J connectivity index is 0.000000135. The maximum absolute atomic E-state index is 11.0. The number of furan rings is 4. The van der Waals surface area contributed by atoms with Crippen LogP contribution in [-0.2, 0) is 83.4 Å². The highest BCUT2D eigenvalue weighted by Gasteiger charge is 2.23. The molecule has 0 amide bonds. The lowest BCUT2D eigenvalue weighted by Gasteiger charge is -2.15. The number of fused-ring (bicyclic) bond motifs is 4. The van der Waals surface area contributed by atoms with Gasteiger partial charge in [-0.3, -0.25) is 19.2 Å². The van der Waals surface area contributed by atoms with Gasteiger partial charge in [-0.25, -0.2) is 39.9 Å². The van der Waals surface area contributed by atoms with Crippen LogP contribution in [0.3, 0.4) is 0 Å². The lowest BCUT2D eigenvalue weighted by Crippen LogP contribution is -2.07. The largest absolute Gasteiger partial charge is 0.481 e. The number of thiophene rings is 4. The number of nitrogens with one attached hydrogen (secondary N) is 4. The molecule has 0 aliphatic rings. The Hall–Kier alpha value is -17.4. The van der Waals surface area contributed by atoms with Crippen molar-refractivity contribution in [3.8, 4) is 42.8 Å². The van der Waals surface area contributed by atoms with Crippen LogP contribution < -0.4 is 21.3 Å². The molecule has 740 valence electrons. The first-order chi connectivity index (χ1) is 72.1. The molecule has 24 nitrogen and oxygen atoms in total. The van der Waals surface area contributed by atoms with Gasteiger partial charge in [-0.2, -0.15) is 0 Å². The quantitative estimate of drug-likeness (QED) is 0.0169. The van der Waals surface area contributed by atoms with Crippen molar-refractivity contribution in [3.63, 3.8) is 0 Å². The Bertz CT molecular complexity index is 8320. The molecule has 8 N–H and O–H groups in total. The number of hydrogen-bond donors (Lipinski definition) is 8. The average Bonchev–Trinajstić information content (AvgIpc) is 1.37. The molecule has 12 aromatic heterocycles. The number of allylic oxidation sites excluding steroid dienone is 2. The molecule has 0 atom stereocenters. The van der Waals surface area contributed by atoms with Crippen molar-refractivity contribution in [2.45, 2.75) is 106 Å².